The molecule has 1 heterocycles. The lowest BCUT2D eigenvalue weighted by atomic mass is 10.1. The molecule has 0 spiro atoms. The number of rotatable bonds is 11. The molecule has 3 aromatic carbocycles. The smallest absolute Gasteiger partial charge is 0.261 e. The maximum Gasteiger partial charge on any atom is 0.261 e. The van der Waals surface area contributed by atoms with E-state index in [2.05, 4.69) is 4.90 Å². The molecule has 3 aromatic rings. The second-order valence-corrected chi connectivity index (χ2v) is 8.12. The average Bonchev–Trinajstić information content (AvgIpc) is 3.08. The Kier molecular flexibility index (Phi) is 7.60. The summed E-state index contributed by atoms with van der Waals surface area (Å²) in [4.78, 5) is 28.0. The molecule has 1 unspecified atom stereocenters. The van der Waals surface area contributed by atoms with Gasteiger partial charge in [0, 0.05) is 19.6 Å². The predicted octanol–water partition coefficient (Wildman–Crippen LogP) is 4.34. The number of ether oxygens (including phenoxy) is 1. The second kappa shape index (κ2) is 11.0. The van der Waals surface area contributed by atoms with Gasteiger partial charge in [-0.1, -0.05) is 72.8 Å². The molecule has 0 aliphatic carbocycles. The van der Waals surface area contributed by atoms with E-state index in [1.807, 2.05) is 60.7 Å². The highest BCUT2D eigenvalue weighted by atomic mass is 19.1. The van der Waals surface area contributed by atoms with Crippen molar-refractivity contribution >= 4 is 11.8 Å². The predicted molar refractivity (Wildman–Crippen MR) is 125 cm³/mol. The summed E-state index contributed by atoms with van der Waals surface area (Å²) in [6, 6.07) is 26.7. The number of imide groups is 1. The van der Waals surface area contributed by atoms with Crippen LogP contribution in [0, 0.1) is 0 Å². The van der Waals surface area contributed by atoms with E-state index in [1.165, 1.54) is 0 Å². The van der Waals surface area contributed by atoms with Crippen molar-refractivity contribution < 1.29 is 18.7 Å². The highest BCUT2D eigenvalue weighted by Crippen LogP contribution is 2.22. The highest BCUT2D eigenvalue weighted by molar-refractivity contribution is 6.21. The summed E-state index contributed by atoms with van der Waals surface area (Å²) in [5.41, 5.74) is 3.05. The Labute approximate surface area is 193 Å². The molecule has 1 aliphatic heterocycles. The average molecular weight is 447 g/mol. The van der Waals surface area contributed by atoms with Gasteiger partial charge in [-0.3, -0.25) is 19.4 Å². The molecule has 6 heteroatoms. The third-order valence-electron chi connectivity index (χ3n) is 5.59. The SMILES string of the molecule is O=C1c2ccccc2C(=O)N1CCOCC(F)CN(Cc1ccccc1)Cc1ccccc1. The van der Waals surface area contributed by atoms with Crippen LogP contribution >= 0.6 is 0 Å². The molecule has 0 aromatic heterocycles. The van der Waals surface area contributed by atoms with E-state index < -0.39 is 6.17 Å². The van der Waals surface area contributed by atoms with Crippen molar-refractivity contribution in [2.24, 2.45) is 0 Å². The van der Waals surface area contributed by atoms with Gasteiger partial charge in [-0.05, 0) is 23.3 Å². The topological polar surface area (TPSA) is 49.9 Å². The Morgan fingerprint density at radius 3 is 1.76 bits per heavy atom. The van der Waals surface area contributed by atoms with Gasteiger partial charge in [0.25, 0.3) is 11.8 Å². The number of alkyl halides is 1. The van der Waals surface area contributed by atoms with Crippen molar-refractivity contribution in [2.45, 2.75) is 19.3 Å². The van der Waals surface area contributed by atoms with Gasteiger partial charge in [-0.25, -0.2) is 4.39 Å². The number of carbonyl (C=O) groups excluding carboxylic acids is 2. The highest BCUT2D eigenvalue weighted by Gasteiger charge is 2.34. The van der Waals surface area contributed by atoms with E-state index in [4.69, 9.17) is 4.74 Å². The molecule has 1 atom stereocenters. The molecule has 2 amide bonds. The van der Waals surface area contributed by atoms with E-state index in [1.54, 1.807) is 24.3 Å². The summed E-state index contributed by atoms with van der Waals surface area (Å²) in [6.45, 7) is 1.59. The van der Waals surface area contributed by atoms with Crippen LogP contribution in [0.2, 0.25) is 0 Å². The van der Waals surface area contributed by atoms with Crippen LogP contribution in [0.1, 0.15) is 31.8 Å². The molecule has 0 bridgehead atoms. The third kappa shape index (κ3) is 5.92. The first-order valence-electron chi connectivity index (χ1n) is 11.1. The molecular weight excluding hydrogens is 419 g/mol. The third-order valence-corrected chi connectivity index (χ3v) is 5.59. The van der Waals surface area contributed by atoms with E-state index in [9.17, 15) is 14.0 Å². The molecule has 0 N–H and O–H groups in total. The molecule has 170 valence electrons. The number of carbonyl (C=O) groups is 2. The minimum absolute atomic E-state index is 0.0940. The van der Waals surface area contributed by atoms with E-state index >= 15 is 0 Å². The van der Waals surface area contributed by atoms with Gasteiger partial charge in [0.1, 0.15) is 6.17 Å². The molecule has 4 rings (SSSR count). The maximum atomic E-state index is 14.8. The zero-order valence-corrected chi connectivity index (χ0v) is 18.4. The van der Waals surface area contributed by atoms with Crippen LogP contribution in [0.3, 0.4) is 0 Å². The standard InChI is InChI=1S/C27H27FN2O3/c28-23(20-33-16-15-30-26(31)24-13-7-8-14-25(24)27(30)32)19-29(17-21-9-3-1-4-10-21)18-22-11-5-2-6-12-22/h1-14,23H,15-20H2. The summed E-state index contributed by atoms with van der Waals surface area (Å²) in [7, 11) is 0. The van der Waals surface area contributed by atoms with Gasteiger partial charge in [-0.15, -0.1) is 0 Å². The number of hydrogen-bond acceptors (Lipinski definition) is 4. The van der Waals surface area contributed by atoms with E-state index in [0.717, 1.165) is 16.0 Å². The number of benzene rings is 3. The lowest BCUT2D eigenvalue weighted by Crippen LogP contribution is -2.35. The number of nitrogens with zero attached hydrogens (tertiary/aromatic N) is 2. The zero-order chi connectivity index (χ0) is 23.0. The minimum Gasteiger partial charge on any atom is -0.377 e. The van der Waals surface area contributed by atoms with Gasteiger partial charge in [0.15, 0.2) is 0 Å². The molecule has 0 radical (unpaired) electrons. The van der Waals surface area contributed by atoms with Gasteiger partial charge in [0.2, 0.25) is 0 Å². The van der Waals surface area contributed by atoms with Crippen LogP contribution in [0.4, 0.5) is 4.39 Å². The Morgan fingerprint density at radius 1 is 0.758 bits per heavy atom. The summed E-state index contributed by atoms with van der Waals surface area (Å²) in [5.74, 6) is -0.652. The summed E-state index contributed by atoms with van der Waals surface area (Å²) < 4.78 is 20.3. The Balaban J connectivity index is 1.27. The van der Waals surface area contributed by atoms with Crippen molar-refractivity contribution in [1.82, 2.24) is 9.80 Å². The fraction of sp³-hybridized carbons (Fsp3) is 0.259. The van der Waals surface area contributed by atoms with Gasteiger partial charge < -0.3 is 4.74 Å². The second-order valence-electron chi connectivity index (χ2n) is 8.12. The van der Waals surface area contributed by atoms with Crippen LogP contribution in [0.15, 0.2) is 84.9 Å². The number of fused-ring (bicyclic) bond motifs is 1. The number of amides is 2. The molecule has 33 heavy (non-hydrogen) atoms. The fourth-order valence-electron chi connectivity index (χ4n) is 4.01. The van der Waals surface area contributed by atoms with Crippen molar-refractivity contribution in [1.29, 1.82) is 0 Å². The molecule has 0 saturated heterocycles. The molecule has 0 saturated carbocycles. The molecular formula is C27H27FN2O3. The Hall–Kier alpha value is -3.35. The molecule has 1 aliphatic rings. The minimum atomic E-state index is -1.19. The molecule has 0 fully saturated rings. The van der Waals surface area contributed by atoms with Crippen LogP contribution in [0.5, 0.6) is 0 Å². The van der Waals surface area contributed by atoms with Crippen molar-refractivity contribution in [3.63, 3.8) is 0 Å². The zero-order valence-electron chi connectivity index (χ0n) is 18.4. The number of halogens is 1. The summed E-state index contributed by atoms with van der Waals surface area (Å²) in [5, 5.41) is 0. The first kappa shape index (κ1) is 22.8. The quantitative estimate of drug-likeness (QED) is 0.325. The Morgan fingerprint density at radius 2 is 1.24 bits per heavy atom. The first-order chi connectivity index (χ1) is 16.1. The van der Waals surface area contributed by atoms with Gasteiger partial charge >= 0.3 is 0 Å². The van der Waals surface area contributed by atoms with Gasteiger partial charge in [-0.2, -0.15) is 0 Å². The van der Waals surface area contributed by atoms with Crippen LogP contribution in [-0.2, 0) is 17.8 Å². The lowest BCUT2D eigenvalue weighted by Gasteiger charge is -2.24. The van der Waals surface area contributed by atoms with Crippen LogP contribution < -0.4 is 0 Å². The van der Waals surface area contributed by atoms with E-state index in [0.29, 0.717) is 24.2 Å². The van der Waals surface area contributed by atoms with Crippen molar-refractivity contribution in [3.8, 4) is 0 Å². The summed E-state index contributed by atoms with van der Waals surface area (Å²) in [6.07, 6.45) is -1.19. The van der Waals surface area contributed by atoms with Crippen molar-refractivity contribution in [2.75, 3.05) is 26.3 Å². The van der Waals surface area contributed by atoms with E-state index in [-0.39, 0.29) is 38.1 Å². The molecule has 5 nitrogen and oxygen atoms in total. The van der Waals surface area contributed by atoms with Crippen LogP contribution in [0.25, 0.3) is 0 Å². The lowest BCUT2D eigenvalue weighted by molar-refractivity contribution is 0.0402. The van der Waals surface area contributed by atoms with Crippen LogP contribution in [-0.4, -0.2) is 54.1 Å². The first-order valence-corrected chi connectivity index (χ1v) is 11.1. The largest absolute Gasteiger partial charge is 0.377 e. The number of hydrogen-bond donors (Lipinski definition) is 0. The normalized spacial score (nSPS) is 14.1. The van der Waals surface area contributed by atoms with Crippen molar-refractivity contribution in [3.05, 3.63) is 107 Å². The monoisotopic (exact) mass is 446 g/mol. The fourth-order valence-corrected chi connectivity index (χ4v) is 4.01. The summed E-state index contributed by atoms with van der Waals surface area (Å²) >= 11 is 0. The maximum absolute atomic E-state index is 14.8. The Bertz CT molecular complexity index is 998. The van der Waals surface area contributed by atoms with Gasteiger partial charge in [0.05, 0.1) is 30.9 Å².